The number of halogens is 3. The SMILES string of the molecule is Cc1cccc(C2C3=CCC4C(=O)N(C(C)(C)C)C(=O)C4C3CC3(Cl)C(=O)N(CBr)C(=O)C23Cl)c1O. The lowest BCUT2D eigenvalue weighted by atomic mass is 9.56. The predicted octanol–water partition coefficient (Wildman–Crippen LogP) is 4.21. The van der Waals surface area contributed by atoms with Gasteiger partial charge in [0.1, 0.15) is 5.75 Å². The van der Waals surface area contributed by atoms with E-state index in [1.807, 2.05) is 26.8 Å². The van der Waals surface area contributed by atoms with Gasteiger partial charge in [-0.25, -0.2) is 0 Å². The molecule has 3 fully saturated rings. The maximum absolute atomic E-state index is 13.7. The number of allylic oxidation sites excluding steroid dienone is 2. The molecule has 6 atom stereocenters. The van der Waals surface area contributed by atoms with Gasteiger partial charge in [0.2, 0.25) is 11.8 Å². The van der Waals surface area contributed by atoms with Gasteiger partial charge in [0, 0.05) is 17.0 Å². The number of imide groups is 2. The van der Waals surface area contributed by atoms with Gasteiger partial charge in [-0.1, -0.05) is 45.8 Å². The Labute approximate surface area is 227 Å². The van der Waals surface area contributed by atoms with Crippen LogP contribution in [-0.2, 0) is 19.2 Å². The molecule has 6 unspecified atom stereocenters. The normalized spacial score (nSPS) is 36.1. The summed E-state index contributed by atoms with van der Waals surface area (Å²) >= 11 is 17.5. The molecule has 0 bridgehead atoms. The maximum atomic E-state index is 13.7. The summed E-state index contributed by atoms with van der Waals surface area (Å²) in [6.45, 7) is 7.15. The van der Waals surface area contributed by atoms with Crippen LogP contribution in [0.4, 0.5) is 0 Å². The summed E-state index contributed by atoms with van der Waals surface area (Å²) in [6.07, 6.45) is 2.09. The standard InChI is InChI=1S/C26H27BrCl2N2O5/c1-12-6-5-7-15(19(12)32)18-13-8-9-14-17(21(34)31(20(14)33)24(2,3)4)16(13)10-25(28)22(35)30(11-27)23(36)26(18,25)29/h5-8,14,16-18,32H,9-11H2,1-4H3. The minimum Gasteiger partial charge on any atom is -0.507 e. The van der Waals surface area contributed by atoms with Gasteiger partial charge in [0.05, 0.1) is 17.3 Å². The van der Waals surface area contributed by atoms with Gasteiger partial charge >= 0.3 is 0 Å². The van der Waals surface area contributed by atoms with Crippen LogP contribution in [0.1, 0.15) is 50.7 Å². The number of nitrogens with zero attached hydrogens (tertiary/aromatic N) is 2. The third-order valence-corrected chi connectivity index (χ3v) is 10.2. The molecule has 4 amide bonds. The molecule has 4 aliphatic rings. The molecule has 0 aromatic heterocycles. The molecule has 2 aliphatic carbocycles. The van der Waals surface area contributed by atoms with Crippen LogP contribution in [0.5, 0.6) is 5.75 Å². The average molecular weight is 598 g/mol. The van der Waals surface area contributed by atoms with Gasteiger partial charge in [-0.05, 0) is 52.0 Å². The molecule has 0 radical (unpaired) electrons. The zero-order valence-electron chi connectivity index (χ0n) is 20.3. The number of aromatic hydroxyl groups is 1. The summed E-state index contributed by atoms with van der Waals surface area (Å²) in [5.41, 5.74) is 0.800. The monoisotopic (exact) mass is 596 g/mol. The van der Waals surface area contributed by atoms with Crippen molar-refractivity contribution in [3.05, 3.63) is 41.0 Å². The number of para-hydroxylation sites is 1. The van der Waals surface area contributed by atoms with Crippen LogP contribution in [0.2, 0.25) is 0 Å². The smallest absolute Gasteiger partial charge is 0.254 e. The predicted molar refractivity (Wildman–Crippen MR) is 138 cm³/mol. The lowest BCUT2D eigenvalue weighted by Crippen LogP contribution is -2.60. The van der Waals surface area contributed by atoms with E-state index in [0.717, 1.165) is 4.90 Å². The first-order valence-electron chi connectivity index (χ1n) is 11.9. The van der Waals surface area contributed by atoms with E-state index in [1.54, 1.807) is 25.1 Å². The van der Waals surface area contributed by atoms with E-state index >= 15 is 0 Å². The quantitative estimate of drug-likeness (QED) is 0.238. The molecule has 1 N–H and O–H groups in total. The number of phenolic OH excluding ortho intramolecular Hbond substituents is 1. The topological polar surface area (TPSA) is 95.0 Å². The van der Waals surface area contributed by atoms with E-state index in [-0.39, 0.29) is 29.4 Å². The highest BCUT2D eigenvalue weighted by Crippen LogP contribution is 2.66. The molecule has 1 saturated carbocycles. The number of alkyl halides is 3. The maximum Gasteiger partial charge on any atom is 0.254 e. The fourth-order valence-corrected chi connectivity index (χ4v) is 8.09. The second-order valence-corrected chi connectivity index (χ2v) is 12.9. The highest BCUT2D eigenvalue weighted by molar-refractivity contribution is 9.09. The van der Waals surface area contributed by atoms with Crippen molar-refractivity contribution in [2.45, 2.75) is 61.7 Å². The van der Waals surface area contributed by atoms with Crippen LogP contribution in [0.25, 0.3) is 0 Å². The van der Waals surface area contributed by atoms with Gasteiger partial charge in [0.15, 0.2) is 9.75 Å². The Morgan fingerprint density at radius 1 is 1.08 bits per heavy atom. The van der Waals surface area contributed by atoms with Crippen LogP contribution in [0, 0.1) is 24.7 Å². The van der Waals surface area contributed by atoms with Crippen LogP contribution in [-0.4, -0.2) is 59.3 Å². The molecular weight excluding hydrogens is 571 g/mol. The summed E-state index contributed by atoms with van der Waals surface area (Å²) in [6, 6.07) is 5.14. The van der Waals surface area contributed by atoms with Crippen molar-refractivity contribution in [2.24, 2.45) is 17.8 Å². The second-order valence-electron chi connectivity index (χ2n) is 11.2. The third kappa shape index (κ3) is 3.04. The van der Waals surface area contributed by atoms with Crippen LogP contribution in [0.3, 0.4) is 0 Å². The molecule has 7 nitrogen and oxygen atoms in total. The van der Waals surface area contributed by atoms with E-state index in [0.29, 0.717) is 23.1 Å². The van der Waals surface area contributed by atoms with Crippen molar-refractivity contribution < 1.29 is 24.3 Å². The van der Waals surface area contributed by atoms with Gasteiger partial charge in [-0.2, -0.15) is 0 Å². The van der Waals surface area contributed by atoms with E-state index in [2.05, 4.69) is 15.9 Å². The van der Waals surface area contributed by atoms with E-state index in [4.69, 9.17) is 23.2 Å². The largest absolute Gasteiger partial charge is 0.507 e. The molecular formula is C26H27BrCl2N2O5. The number of amides is 4. The van der Waals surface area contributed by atoms with Crippen molar-refractivity contribution in [1.29, 1.82) is 0 Å². The molecule has 192 valence electrons. The summed E-state index contributed by atoms with van der Waals surface area (Å²) in [4.78, 5) is 52.9. The number of carbonyl (C=O) groups is 4. The van der Waals surface area contributed by atoms with Crippen molar-refractivity contribution in [2.75, 3.05) is 5.45 Å². The molecule has 2 aliphatic heterocycles. The molecule has 5 rings (SSSR count). The number of hydrogen-bond donors (Lipinski definition) is 1. The zero-order valence-corrected chi connectivity index (χ0v) is 23.4. The number of aryl methyl sites for hydroxylation is 1. The molecule has 0 spiro atoms. The van der Waals surface area contributed by atoms with Gasteiger partial charge < -0.3 is 5.11 Å². The number of likely N-dealkylation sites (tertiary alicyclic amines) is 2. The summed E-state index contributed by atoms with van der Waals surface area (Å²) in [5.74, 6) is -4.79. The second kappa shape index (κ2) is 8.05. The Balaban J connectivity index is 1.75. The Kier molecular flexibility index (Phi) is 5.75. The molecule has 10 heteroatoms. The number of hydrogen-bond acceptors (Lipinski definition) is 5. The Morgan fingerprint density at radius 3 is 2.36 bits per heavy atom. The summed E-state index contributed by atoms with van der Waals surface area (Å²) in [7, 11) is 0. The Bertz CT molecular complexity index is 1260. The molecule has 36 heavy (non-hydrogen) atoms. The van der Waals surface area contributed by atoms with E-state index < -0.39 is 50.8 Å². The summed E-state index contributed by atoms with van der Waals surface area (Å²) in [5, 5.41) is 11.1. The van der Waals surface area contributed by atoms with E-state index in [1.165, 1.54) is 4.90 Å². The van der Waals surface area contributed by atoms with Crippen molar-refractivity contribution >= 4 is 62.8 Å². The van der Waals surface area contributed by atoms with Crippen molar-refractivity contribution in [1.82, 2.24) is 9.80 Å². The number of fused-ring (bicyclic) bond motifs is 4. The van der Waals surface area contributed by atoms with Crippen LogP contribution >= 0.6 is 39.1 Å². The minimum atomic E-state index is -1.92. The minimum absolute atomic E-state index is 0.0482. The fraction of sp³-hybridized carbons (Fsp3) is 0.538. The summed E-state index contributed by atoms with van der Waals surface area (Å²) < 4.78 is 0. The lowest BCUT2D eigenvalue weighted by molar-refractivity contribution is -0.146. The zero-order chi connectivity index (χ0) is 26.5. The molecule has 1 aromatic carbocycles. The fourth-order valence-electron chi connectivity index (χ4n) is 6.67. The highest BCUT2D eigenvalue weighted by Gasteiger charge is 2.76. The number of benzene rings is 1. The number of carbonyl (C=O) groups excluding carboxylic acids is 4. The van der Waals surface area contributed by atoms with Gasteiger partial charge in [0.25, 0.3) is 11.8 Å². The highest BCUT2D eigenvalue weighted by atomic mass is 79.9. The number of rotatable bonds is 2. The van der Waals surface area contributed by atoms with Gasteiger partial charge in [-0.15, -0.1) is 23.2 Å². The average Bonchev–Trinajstić information content (AvgIpc) is 3.14. The third-order valence-electron chi connectivity index (χ3n) is 8.27. The van der Waals surface area contributed by atoms with Crippen molar-refractivity contribution in [3.63, 3.8) is 0 Å². The lowest BCUT2D eigenvalue weighted by Gasteiger charge is -2.51. The first-order valence-corrected chi connectivity index (χ1v) is 13.8. The first kappa shape index (κ1) is 25.7. The van der Waals surface area contributed by atoms with Gasteiger partial charge in [-0.3, -0.25) is 29.0 Å². The van der Waals surface area contributed by atoms with Crippen LogP contribution < -0.4 is 0 Å². The Morgan fingerprint density at radius 2 is 1.75 bits per heavy atom. The first-order chi connectivity index (χ1) is 16.7. The molecule has 1 aromatic rings. The Hall–Kier alpha value is -1.90. The van der Waals surface area contributed by atoms with E-state index in [9.17, 15) is 24.3 Å². The molecule has 2 heterocycles. The number of phenols is 1. The van der Waals surface area contributed by atoms with Crippen LogP contribution in [0.15, 0.2) is 29.8 Å². The van der Waals surface area contributed by atoms with Crippen molar-refractivity contribution in [3.8, 4) is 5.75 Å². The molecule has 2 saturated heterocycles.